The van der Waals surface area contributed by atoms with Crippen LogP contribution < -0.4 is 16.4 Å². The Morgan fingerprint density at radius 2 is 1.53 bits per heavy atom. The van der Waals surface area contributed by atoms with Gasteiger partial charge in [0.1, 0.15) is 0 Å². The summed E-state index contributed by atoms with van der Waals surface area (Å²) in [5, 5.41) is 15.1. The van der Waals surface area contributed by atoms with Crippen molar-refractivity contribution >= 4 is 29.3 Å². The van der Waals surface area contributed by atoms with Gasteiger partial charge < -0.3 is 30.9 Å². The van der Waals surface area contributed by atoms with Crippen molar-refractivity contribution in [3.63, 3.8) is 0 Å². The second kappa shape index (κ2) is 15.7. The van der Waals surface area contributed by atoms with E-state index in [9.17, 15) is 14.7 Å². The van der Waals surface area contributed by atoms with E-state index in [0.29, 0.717) is 25.1 Å². The van der Waals surface area contributed by atoms with Crippen LogP contribution in [0.4, 0.5) is 10.5 Å². The molecule has 0 aromatic heterocycles. The van der Waals surface area contributed by atoms with Crippen molar-refractivity contribution < 1.29 is 24.2 Å². The highest BCUT2D eigenvalue weighted by molar-refractivity contribution is 7.99. The number of ether oxygens (including phenoxy) is 2. The first-order valence-electron chi connectivity index (χ1n) is 15.0. The van der Waals surface area contributed by atoms with Gasteiger partial charge in [-0.3, -0.25) is 4.79 Å². The summed E-state index contributed by atoms with van der Waals surface area (Å²) >= 11 is 1.67. The van der Waals surface area contributed by atoms with Gasteiger partial charge in [-0.05, 0) is 47.7 Å². The zero-order valence-electron chi connectivity index (χ0n) is 25.2. The van der Waals surface area contributed by atoms with E-state index in [-0.39, 0.29) is 24.6 Å². The topological polar surface area (TPSA) is 123 Å². The van der Waals surface area contributed by atoms with Crippen LogP contribution in [-0.2, 0) is 33.8 Å². The maximum absolute atomic E-state index is 12.6. The molecule has 0 spiro atoms. The summed E-state index contributed by atoms with van der Waals surface area (Å²) in [6, 6.07) is 32.0. The van der Waals surface area contributed by atoms with Crippen molar-refractivity contribution in [1.29, 1.82) is 0 Å². The number of hydrogen-bond acceptors (Lipinski definition) is 7. The van der Waals surface area contributed by atoms with Gasteiger partial charge in [0, 0.05) is 34.9 Å². The number of aliphatic hydroxyl groups is 1. The van der Waals surface area contributed by atoms with Gasteiger partial charge in [-0.2, -0.15) is 0 Å². The normalized spacial score (nSPS) is 18.6. The maximum atomic E-state index is 12.6. The van der Waals surface area contributed by atoms with E-state index in [1.807, 2.05) is 103 Å². The van der Waals surface area contributed by atoms with Gasteiger partial charge in [0.2, 0.25) is 0 Å². The van der Waals surface area contributed by atoms with Gasteiger partial charge >= 0.3 is 6.03 Å². The third-order valence-electron chi connectivity index (χ3n) is 7.74. The van der Waals surface area contributed by atoms with Gasteiger partial charge in [0.15, 0.2) is 12.1 Å². The average molecular weight is 626 g/mol. The van der Waals surface area contributed by atoms with Crippen molar-refractivity contribution in [2.75, 3.05) is 11.5 Å². The monoisotopic (exact) mass is 625 g/mol. The number of nitrogens with one attached hydrogen (secondary N) is 2. The summed E-state index contributed by atoms with van der Waals surface area (Å²) in [6.07, 6.45) is 0.248. The van der Waals surface area contributed by atoms with Crippen LogP contribution in [0.5, 0.6) is 0 Å². The number of rotatable bonds is 12. The summed E-state index contributed by atoms with van der Waals surface area (Å²) in [5.74, 6) is 0.611. The molecule has 1 heterocycles. The van der Waals surface area contributed by atoms with Crippen LogP contribution in [0.2, 0.25) is 0 Å². The van der Waals surface area contributed by atoms with Crippen LogP contribution in [0.15, 0.2) is 108 Å². The van der Waals surface area contributed by atoms with Gasteiger partial charge in [0.25, 0.3) is 0 Å². The van der Waals surface area contributed by atoms with Crippen molar-refractivity contribution in [3.8, 4) is 0 Å². The summed E-state index contributed by atoms with van der Waals surface area (Å²) in [4.78, 5) is 25.8. The summed E-state index contributed by atoms with van der Waals surface area (Å²) in [6.45, 7) is 1.77. The predicted molar refractivity (Wildman–Crippen MR) is 176 cm³/mol. The third kappa shape index (κ3) is 9.18. The molecule has 0 bridgehead atoms. The molecule has 45 heavy (non-hydrogen) atoms. The lowest BCUT2D eigenvalue weighted by atomic mass is 10.0. The smallest absolute Gasteiger partial charge is 0.315 e. The number of Topliss-reactive ketones (excluding diaryl/α,β-unsaturated/α-hetero) is 1. The van der Waals surface area contributed by atoms with Crippen LogP contribution in [0.1, 0.15) is 53.6 Å². The number of anilines is 1. The Labute approximate surface area is 268 Å². The van der Waals surface area contributed by atoms with Crippen molar-refractivity contribution in [3.05, 3.63) is 131 Å². The number of para-hydroxylation sites is 1. The molecule has 1 unspecified atom stereocenters. The highest BCUT2D eigenvalue weighted by Crippen LogP contribution is 2.40. The lowest BCUT2D eigenvalue weighted by molar-refractivity contribution is -0.245. The molecule has 9 heteroatoms. The maximum Gasteiger partial charge on any atom is 0.315 e. The molecule has 8 nitrogen and oxygen atoms in total. The van der Waals surface area contributed by atoms with E-state index in [0.717, 1.165) is 38.4 Å². The first kappa shape index (κ1) is 32.2. The SMILES string of the molecule is CC(=O)[C@@H](Cc1ccccc1)NC(=O)NCc1ccc(C2O[C@H](CSc3ccccc3N)C[C@H](c3ccc(CO)cc3)O2)cc1. The van der Waals surface area contributed by atoms with Gasteiger partial charge in [-0.15, -0.1) is 11.8 Å². The molecular formula is C36H39N3O5S. The number of nitrogen functional groups attached to an aromatic ring is 1. The first-order valence-corrected chi connectivity index (χ1v) is 16.0. The van der Waals surface area contributed by atoms with Crippen LogP contribution >= 0.6 is 11.8 Å². The molecule has 0 radical (unpaired) electrons. The number of carbonyl (C=O) groups is 2. The number of hydrogen-bond donors (Lipinski definition) is 4. The molecule has 1 aliphatic rings. The second-order valence-electron chi connectivity index (χ2n) is 11.1. The lowest BCUT2D eigenvalue weighted by Crippen LogP contribution is -2.46. The third-order valence-corrected chi connectivity index (χ3v) is 8.96. The van der Waals surface area contributed by atoms with E-state index in [2.05, 4.69) is 10.6 Å². The van der Waals surface area contributed by atoms with Crippen LogP contribution in [0.25, 0.3) is 0 Å². The quantitative estimate of drug-likeness (QED) is 0.111. The Balaban J connectivity index is 1.21. The summed E-state index contributed by atoms with van der Waals surface area (Å²) in [7, 11) is 0. The number of thioether (sulfide) groups is 1. The Morgan fingerprint density at radius 3 is 2.22 bits per heavy atom. The summed E-state index contributed by atoms with van der Waals surface area (Å²) < 4.78 is 12.9. The minimum atomic E-state index is -0.604. The standard InChI is InChI=1S/C36H39N3O5S/c1-24(41)32(19-25-7-3-2-4-8-25)39-36(42)38-21-26-11-17-29(18-12-26)35-43-30(23-45-34-10-6-5-9-31(34)37)20-33(44-35)28-15-13-27(22-40)14-16-28/h2-18,30,32-33,35,40H,19-23,37H2,1H3,(H2,38,39,42)/t30-,32+,33+,35?/m0/s1. The Kier molecular flexibility index (Phi) is 11.3. The molecule has 0 saturated carbocycles. The summed E-state index contributed by atoms with van der Waals surface area (Å²) in [5.41, 5.74) is 11.5. The molecule has 1 fully saturated rings. The largest absolute Gasteiger partial charge is 0.398 e. The van der Waals surface area contributed by atoms with Crippen molar-refractivity contribution in [2.24, 2.45) is 0 Å². The van der Waals surface area contributed by atoms with Crippen molar-refractivity contribution in [2.45, 2.75) is 62.4 Å². The lowest BCUT2D eigenvalue weighted by Gasteiger charge is -2.36. The number of benzene rings is 4. The molecule has 1 aliphatic heterocycles. The van der Waals surface area contributed by atoms with Crippen LogP contribution in [0.3, 0.4) is 0 Å². The number of urea groups is 1. The molecule has 0 aliphatic carbocycles. The van der Waals surface area contributed by atoms with E-state index >= 15 is 0 Å². The molecule has 2 amide bonds. The van der Waals surface area contributed by atoms with E-state index in [4.69, 9.17) is 15.2 Å². The average Bonchev–Trinajstić information content (AvgIpc) is 3.07. The van der Waals surface area contributed by atoms with Crippen LogP contribution in [0, 0.1) is 0 Å². The minimum Gasteiger partial charge on any atom is -0.398 e. The zero-order chi connectivity index (χ0) is 31.6. The van der Waals surface area contributed by atoms with E-state index in [1.54, 1.807) is 11.8 Å². The number of carbonyl (C=O) groups excluding carboxylic acids is 2. The fourth-order valence-corrected chi connectivity index (χ4v) is 6.14. The molecular weight excluding hydrogens is 586 g/mol. The Hall–Kier alpha value is -4.15. The Morgan fingerprint density at radius 1 is 0.867 bits per heavy atom. The predicted octanol–water partition coefficient (Wildman–Crippen LogP) is 6.10. The fraction of sp³-hybridized carbons (Fsp3) is 0.278. The number of aliphatic hydroxyl groups excluding tert-OH is 1. The van der Waals surface area contributed by atoms with Crippen LogP contribution in [-0.4, -0.2) is 34.8 Å². The van der Waals surface area contributed by atoms with Gasteiger partial charge in [0.05, 0.1) is 24.9 Å². The van der Waals surface area contributed by atoms with Crippen molar-refractivity contribution in [1.82, 2.24) is 10.6 Å². The molecule has 4 atom stereocenters. The zero-order valence-corrected chi connectivity index (χ0v) is 26.0. The van der Waals surface area contributed by atoms with E-state index < -0.39 is 18.4 Å². The highest BCUT2D eigenvalue weighted by Gasteiger charge is 2.32. The first-order chi connectivity index (χ1) is 21.9. The molecule has 1 saturated heterocycles. The van der Waals surface area contributed by atoms with E-state index in [1.165, 1.54) is 6.92 Å². The van der Waals surface area contributed by atoms with Gasteiger partial charge in [-0.25, -0.2) is 4.79 Å². The molecule has 4 aromatic rings. The fourth-order valence-electron chi connectivity index (χ4n) is 5.15. The minimum absolute atomic E-state index is 0.0107. The molecule has 4 aromatic carbocycles. The number of amides is 2. The number of ketones is 1. The Bertz CT molecular complexity index is 1550. The molecule has 234 valence electrons. The highest BCUT2D eigenvalue weighted by atomic mass is 32.2. The van der Waals surface area contributed by atoms with Gasteiger partial charge in [-0.1, -0.05) is 91.0 Å². The number of nitrogens with two attached hydrogens (primary N) is 1. The molecule has 5 rings (SSSR count). The second-order valence-corrected chi connectivity index (χ2v) is 12.2. The molecule has 5 N–H and O–H groups in total.